The molecule has 0 aliphatic carbocycles. The Labute approximate surface area is 180 Å². The number of nitrogens with zero attached hydrogens (tertiary/aromatic N) is 1. The van der Waals surface area contributed by atoms with Gasteiger partial charge in [-0.3, -0.25) is 14.3 Å². The minimum atomic E-state index is -4.66. The minimum Gasteiger partial charge on any atom is -0.428 e. The van der Waals surface area contributed by atoms with Gasteiger partial charge in [-0.15, -0.1) is 0 Å². The Bertz CT molecular complexity index is 1120. The summed E-state index contributed by atoms with van der Waals surface area (Å²) in [5, 5.41) is 0. The summed E-state index contributed by atoms with van der Waals surface area (Å²) in [6.45, 7) is 1.42. The molecule has 178 valence electrons. The van der Waals surface area contributed by atoms with E-state index in [0.717, 1.165) is 22.8 Å². The van der Waals surface area contributed by atoms with Crippen LogP contribution < -0.4 is 16.0 Å². The maximum absolute atomic E-state index is 13.1. The first kappa shape index (κ1) is 25.6. The van der Waals surface area contributed by atoms with Gasteiger partial charge in [-0.2, -0.15) is 17.6 Å². The third-order valence-corrected chi connectivity index (χ3v) is 6.23. The first-order valence-electron chi connectivity index (χ1n) is 9.42. The summed E-state index contributed by atoms with van der Waals surface area (Å²) >= 11 is 0. The lowest BCUT2D eigenvalue weighted by Gasteiger charge is -2.18. The van der Waals surface area contributed by atoms with Crippen LogP contribution in [-0.2, 0) is 21.3 Å². The first-order chi connectivity index (χ1) is 14.9. The van der Waals surface area contributed by atoms with Crippen LogP contribution in [0.25, 0.3) is 0 Å². The molecule has 0 unspecified atom stereocenters. The standard InChI is InChI=1S/C19H22F4N2O6S/c1-13(14-4-2-5-15(10-14)31-19(22,23)17(20)21)11-32(28,29)9-3-8-30-12-25-7-6-16(26)24-18(25)27/h2,4-7,10,13,17H,3,8-9,11-12H2,1H3,(H,24,26,27)/t13-/m0/s1. The molecule has 0 radical (unpaired) electrons. The Morgan fingerprint density at radius 3 is 2.56 bits per heavy atom. The predicted molar refractivity (Wildman–Crippen MR) is 107 cm³/mol. The number of hydrogen-bond acceptors (Lipinski definition) is 6. The molecular formula is C19H22F4N2O6S. The Balaban J connectivity index is 1.85. The van der Waals surface area contributed by atoms with Gasteiger partial charge in [-0.05, 0) is 30.0 Å². The quantitative estimate of drug-likeness (QED) is 0.368. The highest BCUT2D eigenvalue weighted by Gasteiger charge is 2.44. The fraction of sp³-hybridized carbons (Fsp3) is 0.474. The molecule has 0 amide bonds. The van der Waals surface area contributed by atoms with Crippen molar-refractivity contribution < 1.29 is 35.5 Å². The fourth-order valence-electron chi connectivity index (χ4n) is 2.74. The smallest absolute Gasteiger partial charge is 0.428 e. The molecule has 1 atom stereocenters. The van der Waals surface area contributed by atoms with Gasteiger partial charge in [-0.1, -0.05) is 19.1 Å². The predicted octanol–water partition coefficient (Wildman–Crippen LogP) is 2.36. The van der Waals surface area contributed by atoms with Crippen LogP contribution in [0, 0.1) is 0 Å². The van der Waals surface area contributed by atoms with E-state index < -0.39 is 45.3 Å². The van der Waals surface area contributed by atoms with Crippen molar-refractivity contribution in [3.05, 3.63) is 62.9 Å². The maximum Gasteiger partial charge on any atom is 0.461 e. The molecule has 2 aromatic rings. The Kier molecular flexibility index (Phi) is 8.61. The van der Waals surface area contributed by atoms with Crippen molar-refractivity contribution in [3.8, 4) is 5.75 Å². The monoisotopic (exact) mass is 482 g/mol. The van der Waals surface area contributed by atoms with Crippen LogP contribution in [0.3, 0.4) is 0 Å². The summed E-state index contributed by atoms with van der Waals surface area (Å²) in [4.78, 5) is 24.5. The van der Waals surface area contributed by atoms with Crippen LogP contribution in [0.15, 0.2) is 46.1 Å². The van der Waals surface area contributed by atoms with Crippen molar-refractivity contribution in [1.82, 2.24) is 9.55 Å². The Hall–Kier alpha value is -2.67. The largest absolute Gasteiger partial charge is 0.461 e. The molecule has 1 heterocycles. The number of benzene rings is 1. The van der Waals surface area contributed by atoms with E-state index in [1.54, 1.807) is 6.92 Å². The number of hydrogen-bond donors (Lipinski definition) is 1. The summed E-state index contributed by atoms with van der Waals surface area (Å²) in [6, 6.07) is 6.11. The van der Waals surface area contributed by atoms with Gasteiger partial charge in [0, 0.05) is 18.9 Å². The first-order valence-corrected chi connectivity index (χ1v) is 11.2. The molecule has 0 spiro atoms. The minimum absolute atomic E-state index is 0.0329. The highest BCUT2D eigenvalue weighted by molar-refractivity contribution is 7.91. The Morgan fingerprint density at radius 1 is 1.19 bits per heavy atom. The van der Waals surface area contributed by atoms with Gasteiger partial charge in [0.15, 0.2) is 9.84 Å². The molecule has 8 nitrogen and oxygen atoms in total. The van der Waals surface area contributed by atoms with E-state index in [1.807, 2.05) is 0 Å². The number of H-pyrrole nitrogens is 1. The van der Waals surface area contributed by atoms with Crippen molar-refractivity contribution in [2.24, 2.45) is 0 Å². The van der Waals surface area contributed by atoms with E-state index in [4.69, 9.17) is 4.74 Å². The lowest BCUT2D eigenvalue weighted by molar-refractivity contribution is -0.253. The number of alkyl halides is 4. The molecule has 0 aliphatic heterocycles. The normalized spacial score (nSPS) is 13.3. The Morgan fingerprint density at radius 2 is 1.91 bits per heavy atom. The van der Waals surface area contributed by atoms with Crippen LogP contribution >= 0.6 is 0 Å². The SMILES string of the molecule is C[C@@H](CS(=O)(=O)CCCOCn1ccc(=O)[nH]c1=O)c1cccc(OC(F)(F)C(F)F)c1. The second kappa shape index (κ2) is 10.8. The molecule has 32 heavy (non-hydrogen) atoms. The van der Waals surface area contributed by atoms with Gasteiger partial charge in [0.25, 0.3) is 5.56 Å². The number of aromatic amines is 1. The molecule has 0 saturated heterocycles. The van der Waals surface area contributed by atoms with Gasteiger partial charge in [0.1, 0.15) is 12.5 Å². The van der Waals surface area contributed by atoms with E-state index in [9.17, 15) is 35.6 Å². The summed E-state index contributed by atoms with van der Waals surface area (Å²) in [5.74, 6) is -1.63. The number of ether oxygens (including phenoxy) is 2. The molecule has 13 heteroatoms. The van der Waals surface area contributed by atoms with Crippen molar-refractivity contribution >= 4 is 9.84 Å². The number of rotatable bonds is 12. The zero-order valence-electron chi connectivity index (χ0n) is 17.0. The van der Waals surface area contributed by atoms with E-state index in [2.05, 4.69) is 9.72 Å². The molecule has 0 bridgehead atoms. The van der Waals surface area contributed by atoms with E-state index in [1.165, 1.54) is 18.3 Å². The van der Waals surface area contributed by atoms with E-state index in [-0.39, 0.29) is 31.3 Å². The molecule has 1 N–H and O–H groups in total. The molecule has 0 aliphatic rings. The fourth-order valence-corrected chi connectivity index (χ4v) is 4.41. The number of aromatic nitrogens is 2. The number of nitrogens with one attached hydrogen (secondary N) is 1. The number of halogens is 4. The third-order valence-electron chi connectivity index (χ3n) is 4.31. The van der Waals surface area contributed by atoms with Crippen LogP contribution in [0.4, 0.5) is 17.6 Å². The molecule has 1 aromatic carbocycles. The lowest BCUT2D eigenvalue weighted by Crippen LogP contribution is -2.33. The van der Waals surface area contributed by atoms with Gasteiger partial charge in [-0.25, -0.2) is 13.2 Å². The third kappa shape index (κ3) is 7.79. The zero-order chi connectivity index (χ0) is 23.9. The second-order valence-corrected chi connectivity index (χ2v) is 9.25. The molecule has 1 aromatic heterocycles. The lowest BCUT2D eigenvalue weighted by atomic mass is 10.0. The van der Waals surface area contributed by atoms with Crippen LogP contribution in [-0.4, -0.2) is 48.6 Å². The molecule has 0 saturated carbocycles. The summed E-state index contributed by atoms with van der Waals surface area (Å²) in [5.41, 5.74) is -0.868. The summed E-state index contributed by atoms with van der Waals surface area (Å²) in [7, 11) is -3.55. The van der Waals surface area contributed by atoms with Crippen LogP contribution in [0.1, 0.15) is 24.8 Å². The van der Waals surface area contributed by atoms with Crippen molar-refractivity contribution in [3.63, 3.8) is 0 Å². The van der Waals surface area contributed by atoms with Crippen molar-refractivity contribution in [1.29, 1.82) is 0 Å². The molecule has 2 rings (SSSR count). The van der Waals surface area contributed by atoms with Gasteiger partial charge >= 0.3 is 18.2 Å². The van der Waals surface area contributed by atoms with Gasteiger partial charge < -0.3 is 9.47 Å². The van der Waals surface area contributed by atoms with E-state index >= 15 is 0 Å². The average Bonchev–Trinajstić information content (AvgIpc) is 2.68. The summed E-state index contributed by atoms with van der Waals surface area (Å²) < 4.78 is 85.8. The van der Waals surface area contributed by atoms with Crippen LogP contribution in [0.2, 0.25) is 0 Å². The van der Waals surface area contributed by atoms with Gasteiger partial charge in [0.2, 0.25) is 0 Å². The molecular weight excluding hydrogens is 460 g/mol. The summed E-state index contributed by atoms with van der Waals surface area (Å²) in [6.07, 6.45) is -7.28. The highest BCUT2D eigenvalue weighted by atomic mass is 32.2. The number of sulfone groups is 1. The van der Waals surface area contributed by atoms with Crippen LogP contribution in [0.5, 0.6) is 5.75 Å². The van der Waals surface area contributed by atoms with Crippen molar-refractivity contribution in [2.75, 3.05) is 18.1 Å². The highest BCUT2D eigenvalue weighted by Crippen LogP contribution is 2.29. The van der Waals surface area contributed by atoms with Crippen molar-refractivity contribution in [2.45, 2.75) is 38.5 Å². The average molecular weight is 482 g/mol. The topological polar surface area (TPSA) is 107 Å². The second-order valence-electron chi connectivity index (χ2n) is 7.02. The maximum atomic E-state index is 13.1. The van der Waals surface area contributed by atoms with E-state index in [0.29, 0.717) is 5.56 Å². The van der Waals surface area contributed by atoms with Gasteiger partial charge in [0.05, 0.1) is 11.5 Å². The molecule has 0 fully saturated rings. The zero-order valence-corrected chi connectivity index (χ0v) is 17.8.